The van der Waals surface area contributed by atoms with Crippen LogP contribution in [0.15, 0.2) is 88.7 Å². The summed E-state index contributed by atoms with van der Waals surface area (Å²) in [6, 6.07) is 14.4. The van der Waals surface area contributed by atoms with Gasteiger partial charge in [0.1, 0.15) is 0 Å². The third-order valence-electron chi connectivity index (χ3n) is 4.09. The topological polar surface area (TPSA) is 158 Å². The lowest BCUT2D eigenvalue weighted by Crippen LogP contribution is -2.37. The minimum atomic E-state index is -4.74. The van der Waals surface area contributed by atoms with Crippen LogP contribution in [-0.2, 0) is 20.0 Å². The molecular weight excluding hydrogens is 450 g/mol. The number of benzene rings is 3. The van der Waals surface area contributed by atoms with Gasteiger partial charge in [-0.25, -0.2) is 16.8 Å². The molecule has 0 aliphatic rings. The van der Waals surface area contributed by atoms with Gasteiger partial charge in [0.2, 0.25) is 0 Å². The molecule has 0 aliphatic carbocycles. The number of nitro groups is 2. The predicted molar refractivity (Wildman–Crippen MR) is 109 cm³/mol. The summed E-state index contributed by atoms with van der Waals surface area (Å²) in [5, 5.41) is 21.7. The zero-order valence-corrected chi connectivity index (χ0v) is 17.1. The third-order valence-corrected chi connectivity index (χ3v) is 8.30. The molecule has 0 bridgehead atoms. The van der Waals surface area contributed by atoms with Gasteiger partial charge in [-0.3, -0.25) is 20.2 Å². The van der Waals surface area contributed by atoms with Crippen LogP contribution in [0.25, 0.3) is 0 Å². The molecule has 0 unspecified atom stereocenters. The number of nitro benzene ring substituents is 2. The number of hydrogen-bond acceptors (Lipinski definition) is 8. The molecular formula is C18H13N3O8S2. The number of sulfonamides is 2. The van der Waals surface area contributed by atoms with E-state index in [0.717, 1.165) is 48.5 Å². The lowest BCUT2D eigenvalue weighted by molar-refractivity contribution is -0.385. The first-order valence-corrected chi connectivity index (χ1v) is 11.3. The number of hydrogen-bond donors (Lipinski definition) is 0. The zero-order valence-electron chi connectivity index (χ0n) is 15.4. The van der Waals surface area contributed by atoms with Crippen LogP contribution >= 0.6 is 0 Å². The van der Waals surface area contributed by atoms with Gasteiger partial charge in [0.05, 0.1) is 25.3 Å². The summed E-state index contributed by atoms with van der Waals surface area (Å²) in [5.41, 5.74) is -0.953. The molecule has 3 rings (SSSR count). The Hall–Kier alpha value is -3.84. The Bertz CT molecular complexity index is 1250. The molecule has 0 N–H and O–H groups in total. The summed E-state index contributed by atoms with van der Waals surface area (Å²) in [4.78, 5) is 19.2. The molecule has 3 aromatic rings. The van der Waals surface area contributed by atoms with Crippen molar-refractivity contribution in [1.82, 2.24) is 0 Å². The van der Waals surface area contributed by atoms with Gasteiger partial charge in [-0.15, -0.1) is 0 Å². The normalized spacial score (nSPS) is 11.6. The Morgan fingerprint density at radius 2 is 0.935 bits per heavy atom. The highest BCUT2D eigenvalue weighted by Crippen LogP contribution is 2.31. The maximum atomic E-state index is 13.3. The van der Waals surface area contributed by atoms with E-state index in [1.807, 2.05) is 0 Å². The molecule has 0 spiro atoms. The predicted octanol–water partition coefficient (Wildman–Crippen LogP) is 3.09. The van der Waals surface area contributed by atoms with Crippen LogP contribution in [0.4, 0.5) is 17.1 Å². The molecule has 0 saturated heterocycles. The van der Waals surface area contributed by atoms with E-state index in [4.69, 9.17) is 0 Å². The van der Waals surface area contributed by atoms with Crippen molar-refractivity contribution >= 4 is 37.1 Å². The van der Waals surface area contributed by atoms with Crippen molar-refractivity contribution in [3.05, 3.63) is 99.1 Å². The summed E-state index contributed by atoms with van der Waals surface area (Å²) in [6.07, 6.45) is 0. The second-order valence-electron chi connectivity index (χ2n) is 6.04. The van der Waals surface area contributed by atoms with E-state index in [9.17, 15) is 37.1 Å². The summed E-state index contributed by atoms with van der Waals surface area (Å²) in [7, 11) is -9.48. The lowest BCUT2D eigenvalue weighted by atomic mass is 10.3. The second-order valence-corrected chi connectivity index (χ2v) is 9.85. The van der Waals surface area contributed by atoms with Crippen LogP contribution in [0.3, 0.4) is 0 Å². The maximum absolute atomic E-state index is 13.3. The number of nitrogens with zero attached hydrogens (tertiary/aromatic N) is 3. The van der Waals surface area contributed by atoms with Gasteiger partial charge < -0.3 is 0 Å². The molecule has 13 heteroatoms. The molecule has 0 radical (unpaired) electrons. The fourth-order valence-corrected chi connectivity index (χ4v) is 6.32. The van der Waals surface area contributed by atoms with E-state index in [-0.39, 0.29) is 20.8 Å². The van der Waals surface area contributed by atoms with Gasteiger partial charge >= 0.3 is 0 Å². The Kier molecular flexibility index (Phi) is 5.73. The van der Waals surface area contributed by atoms with E-state index in [1.54, 1.807) is 6.07 Å². The third kappa shape index (κ3) is 4.22. The summed E-state index contributed by atoms with van der Waals surface area (Å²) in [6.45, 7) is 0. The van der Waals surface area contributed by atoms with E-state index >= 15 is 0 Å². The first-order chi connectivity index (χ1) is 14.5. The summed E-state index contributed by atoms with van der Waals surface area (Å²) >= 11 is 0. The molecule has 0 saturated carbocycles. The minimum Gasteiger partial charge on any atom is -0.258 e. The van der Waals surface area contributed by atoms with Crippen LogP contribution in [0.5, 0.6) is 0 Å². The average molecular weight is 463 g/mol. The van der Waals surface area contributed by atoms with Crippen LogP contribution in [-0.4, -0.2) is 26.7 Å². The van der Waals surface area contributed by atoms with E-state index in [0.29, 0.717) is 0 Å². The van der Waals surface area contributed by atoms with Crippen LogP contribution < -0.4 is 3.71 Å². The molecule has 3 aromatic carbocycles. The molecule has 11 nitrogen and oxygen atoms in total. The number of rotatable bonds is 7. The minimum absolute atomic E-state index is 0.183. The van der Waals surface area contributed by atoms with Gasteiger partial charge in [-0.2, -0.15) is 3.71 Å². The van der Waals surface area contributed by atoms with Crippen molar-refractivity contribution in [2.75, 3.05) is 3.71 Å². The zero-order chi connectivity index (χ0) is 22.8. The average Bonchev–Trinajstić information content (AvgIpc) is 2.74. The molecule has 0 aliphatic heterocycles. The van der Waals surface area contributed by atoms with Gasteiger partial charge in [0.15, 0.2) is 0 Å². The van der Waals surface area contributed by atoms with E-state index in [1.165, 1.54) is 24.3 Å². The van der Waals surface area contributed by atoms with Gasteiger partial charge in [0, 0.05) is 24.3 Å². The molecule has 0 fully saturated rings. The Balaban J connectivity index is 2.19. The van der Waals surface area contributed by atoms with Crippen molar-refractivity contribution in [3.8, 4) is 0 Å². The van der Waals surface area contributed by atoms with Crippen LogP contribution in [0.1, 0.15) is 0 Å². The van der Waals surface area contributed by atoms with Crippen molar-refractivity contribution < 1.29 is 26.7 Å². The number of non-ortho nitro benzene ring substituents is 2. The van der Waals surface area contributed by atoms with Gasteiger partial charge in [-0.05, 0) is 36.4 Å². The van der Waals surface area contributed by atoms with E-state index < -0.39 is 39.7 Å². The van der Waals surface area contributed by atoms with Crippen LogP contribution in [0, 0.1) is 20.2 Å². The molecule has 0 aromatic heterocycles. The largest absolute Gasteiger partial charge is 0.277 e. The standard InChI is InChI=1S/C18H13N3O8S2/c22-19(23)14-6-10-17(11-7-14)30(26,27)21(16-4-2-1-3-5-16)31(28,29)18-12-8-15(9-13-18)20(24)25/h1-13H. The molecule has 31 heavy (non-hydrogen) atoms. The summed E-state index contributed by atoms with van der Waals surface area (Å²) in [5.74, 6) is 0. The molecule has 0 amide bonds. The summed E-state index contributed by atoms with van der Waals surface area (Å²) < 4.78 is 53.3. The quantitative estimate of drug-likeness (QED) is 0.382. The Morgan fingerprint density at radius 3 is 1.26 bits per heavy atom. The molecule has 0 atom stereocenters. The van der Waals surface area contributed by atoms with Crippen LogP contribution in [0.2, 0.25) is 0 Å². The Labute approximate surface area is 176 Å². The first-order valence-electron chi connectivity index (χ1n) is 8.39. The SMILES string of the molecule is O=[N+]([O-])c1ccc(S(=O)(=O)N(c2ccccc2)S(=O)(=O)c2ccc([N+](=O)[O-])cc2)cc1. The fraction of sp³-hybridized carbons (Fsp3) is 0. The molecule has 160 valence electrons. The highest BCUT2D eigenvalue weighted by molar-refractivity contribution is 8.10. The smallest absolute Gasteiger partial charge is 0.258 e. The fourth-order valence-electron chi connectivity index (χ4n) is 2.63. The van der Waals surface area contributed by atoms with Gasteiger partial charge in [0.25, 0.3) is 31.4 Å². The van der Waals surface area contributed by atoms with Crippen molar-refractivity contribution in [1.29, 1.82) is 0 Å². The first kappa shape index (κ1) is 21.9. The van der Waals surface area contributed by atoms with E-state index in [2.05, 4.69) is 0 Å². The Morgan fingerprint density at radius 1 is 0.581 bits per heavy atom. The van der Waals surface area contributed by atoms with Crippen molar-refractivity contribution in [2.45, 2.75) is 9.79 Å². The molecule has 0 heterocycles. The van der Waals surface area contributed by atoms with Crippen molar-refractivity contribution in [3.63, 3.8) is 0 Å². The van der Waals surface area contributed by atoms with Crippen molar-refractivity contribution in [2.24, 2.45) is 0 Å². The second kappa shape index (κ2) is 8.12. The highest BCUT2D eigenvalue weighted by Gasteiger charge is 2.37. The number of para-hydroxylation sites is 1. The van der Waals surface area contributed by atoms with Gasteiger partial charge in [-0.1, -0.05) is 18.2 Å². The number of anilines is 1. The maximum Gasteiger partial charge on any atom is 0.277 e. The lowest BCUT2D eigenvalue weighted by Gasteiger charge is -2.24. The monoisotopic (exact) mass is 463 g/mol. The highest BCUT2D eigenvalue weighted by atomic mass is 32.3.